The molecule has 344 valence electrons. The van der Waals surface area contributed by atoms with Gasteiger partial charge in [-0.15, -0.1) is 11.3 Å². The number of carbonyl (C=O) groups excluding carboxylic acids is 5. The summed E-state index contributed by atoms with van der Waals surface area (Å²) in [6.45, 7) is 3.21. The van der Waals surface area contributed by atoms with E-state index in [2.05, 4.69) is 54.9 Å². The number of aryl methyl sites for hydroxylation is 2. The highest BCUT2D eigenvalue weighted by Crippen LogP contribution is 2.41. The van der Waals surface area contributed by atoms with E-state index in [-0.39, 0.29) is 35.9 Å². The number of likely N-dealkylation sites (tertiary alicyclic amines) is 1. The summed E-state index contributed by atoms with van der Waals surface area (Å²) in [6, 6.07) is 16.2. The van der Waals surface area contributed by atoms with Crippen LogP contribution in [0.3, 0.4) is 0 Å². The molecule has 1 unspecified atom stereocenters. The normalized spacial score (nSPS) is 20.6. The number of rotatable bonds is 11. The summed E-state index contributed by atoms with van der Waals surface area (Å²) in [4.78, 5) is 79.9. The Labute approximate surface area is 390 Å². The molecule has 6 aromatic rings. The summed E-state index contributed by atoms with van der Waals surface area (Å²) >= 11 is 1.28. The lowest BCUT2D eigenvalue weighted by Gasteiger charge is -2.34. The Bertz CT molecular complexity index is 2930. The number of urea groups is 1. The fourth-order valence-corrected chi connectivity index (χ4v) is 11.6. The van der Waals surface area contributed by atoms with Gasteiger partial charge in [-0.25, -0.2) is 19.2 Å². The quantitative estimate of drug-likeness (QED) is 0.134. The van der Waals surface area contributed by atoms with Gasteiger partial charge in [0.1, 0.15) is 11.6 Å². The molecule has 3 aromatic heterocycles. The predicted octanol–water partition coefficient (Wildman–Crippen LogP) is 7.48. The minimum atomic E-state index is -1.04. The molecule has 1 atom stereocenters. The first-order chi connectivity index (χ1) is 32.6. The van der Waals surface area contributed by atoms with E-state index in [4.69, 9.17) is 0 Å². The number of hydrogen-bond acceptors (Lipinski definition) is 10. The number of hydrogen-bond donors (Lipinski definition) is 2. The van der Waals surface area contributed by atoms with Gasteiger partial charge in [-0.1, -0.05) is 30.3 Å². The first-order valence-corrected chi connectivity index (χ1v) is 24.2. The van der Waals surface area contributed by atoms with Gasteiger partial charge >= 0.3 is 6.03 Å². The number of thiazole rings is 1. The Hall–Kier alpha value is -6.59. The van der Waals surface area contributed by atoms with E-state index >= 15 is 4.39 Å². The predicted molar refractivity (Wildman–Crippen MR) is 250 cm³/mol. The number of carbonyl (C=O) groups is 5. The van der Waals surface area contributed by atoms with Crippen molar-refractivity contribution in [2.75, 3.05) is 36.4 Å². The Morgan fingerprint density at radius 3 is 2.42 bits per heavy atom. The van der Waals surface area contributed by atoms with E-state index in [1.165, 1.54) is 38.3 Å². The summed E-state index contributed by atoms with van der Waals surface area (Å²) in [7, 11) is 1.87. The minimum Gasteiger partial charge on any atom is -0.334 e. The van der Waals surface area contributed by atoms with Crippen LogP contribution >= 0.6 is 11.3 Å². The van der Waals surface area contributed by atoms with Gasteiger partial charge in [0, 0.05) is 66.3 Å². The van der Waals surface area contributed by atoms with E-state index in [0.717, 1.165) is 93.2 Å². The van der Waals surface area contributed by atoms with Crippen molar-refractivity contribution in [1.29, 1.82) is 0 Å². The molecule has 2 N–H and O–H groups in total. The zero-order valence-electron chi connectivity index (χ0n) is 37.2. The Balaban J connectivity index is 0.690. The summed E-state index contributed by atoms with van der Waals surface area (Å²) < 4.78 is 19.8. The lowest BCUT2D eigenvalue weighted by molar-refractivity contribution is -0.125. The Morgan fingerprint density at radius 1 is 0.881 bits per heavy atom. The maximum Gasteiger partial charge on any atom is 0.329 e. The first-order valence-electron chi connectivity index (χ1n) is 23.4. The van der Waals surface area contributed by atoms with Crippen LogP contribution in [0.4, 0.5) is 20.1 Å². The second-order valence-electron chi connectivity index (χ2n) is 18.7. The molecule has 0 spiro atoms. The molecule has 1 aliphatic carbocycles. The number of imide groups is 1. The Kier molecular flexibility index (Phi) is 11.3. The monoisotopic (exact) mass is 922 g/mol. The van der Waals surface area contributed by atoms with Crippen LogP contribution < -0.4 is 15.5 Å². The molecular weight excluding hydrogens is 872 g/mol. The van der Waals surface area contributed by atoms with Gasteiger partial charge in [0.15, 0.2) is 17.0 Å². The van der Waals surface area contributed by atoms with Crippen LogP contribution in [0.15, 0.2) is 72.5 Å². The molecule has 7 heterocycles. The molecule has 5 aliphatic rings. The van der Waals surface area contributed by atoms with Crippen LogP contribution in [0.5, 0.6) is 0 Å². The van der Waals surface area contributed by atoms with Crippen molar-refractivity contribution in [2.24, 2.45) is 13.0 Å². The highest BCUT2D eigenvalue weighted by Gasteiger charge is 2.42. The second-order valence-corrected chi connectivity index (χ2v) is 19.6. The fraction of sp³-hybridized carbons (Fsp3) is 0.400. The third-order valence-electron chi connectivity index (χ3n) is 14.8. The molecule has 0 bridgehead atoms. The summed E-state index contributed by atoms with van der Waals surface area (Å²) in [6.07, 6.45) is 10.7. The number of ketones is 1. The molecule has 67 heavy (non-hydrogen) atoms. The SMILES string of the molecule is Cn1nc(N2CCC(=O)NC2=O)c2ccc(C3CCC(C(=O)CN4CCC(c5ccc(-c6cc(F)c7c(c6)C(=O)N(C(C(=O)Nc6nccs6)c6ncn8c6CCC8)C7)cc5)CC4)CC3)cc21. The zero-order valence-corrected chi connectivity index (χ0v) is 38.1. The van der Waals surface area contributed by atoms with Crippen LogP contribution in [0, 0.1) is 11.7 Å². The van der Waals surface area contributed by atoms with Crippen LogP contribution in [0.25, 0.3) is 22.0 Å². The number of fused-ring (bicyclic) bond motifs is 3. The highest BCUT2D eigenvalue weighted by molar-refractivity contribution is 7.13. The van der Waals surface area contributed by atoms with Crippen molar-refractivity contribution in [3.63, 3.8) is 0 Å². The van der Waals surface area contributed by atoms with E-state index in [1.807, 2.05) is 29.8 Å². The number of benzene rings is 3. The maximum absolute atomic E-state index is 16.0. The average molecular weight is 923 g/mol. The van der Waals surface area contributed by atoms with Crippen molar-refractivity contribution in [2.45, 2.75) is 88.8 Å². The second kappa shape index (κ2) is 17.6. The molecule has 0 radical (unpaired) electrons. The topological polar surface area (TPSA) is 168 Å². The van der Waals surface area contributed by atoms with Crippen LogP contribution in [-0.4, -0.2) is 89.8 Å². The fourth-order valence-electron chi connectivity index (χ4n) is 11.1. The van der Waals surface area contributed by atoms with E-state index in [0.29, 0.717) is 52.9 Å². The van der Waals surface area contributed by atoms with Gasteiger partial charge in [-0.3, -0.25) is 44.3 Å². The van der Waals surface area contributed by atoms with Gasteiger partial charge in [-0.2, -0.15) is 5.10 Å². The standard InChI is InChI=1S/C50H51FN10O5S/c1-57-41-25-34(12-13-36(41)46(56-57)60-21-16-43(63)54-50(60)66)30-8-10-33(11-9-30)42(62)27-58-19-14-32(15-20-58)29-4-6-31(7-5-29)35-23-37-38(39(51)24-35)26-61(48(37)65)45(47(64)55-49-52-17-22-67-49)44-40-3-2-18-59(40)28-53-44/h4-7,12-13,17,22-25,28,30,32-33,45H,2-3,8-11,14-16,18-21,26-27H2,1H3,(H,52,55,64)(H,54,63,66). The number of nitrogens with one attached hydrogen (secondary N) is 2. The van der Waals surface area contributed by atoms with Crippen molar-refractivity contribution >= 4 is 62.7 Å². The Morgan fingerprint density at radius 2 is 1.66 bits per heavy atom. The highest BCUT2D eigenvalue weighted by atomic mass is 32.1. The number of aromatic nitrogens is 5. The third kappa shape index (κ3) is 8.11. The third-order valence-corrected chi connectivity index (χ3v) is 15.5. The van der Waals surface area contributed by atoms with Crippen molar-refractivity contribution in [3.05, 3.63) is 112 Å². The molecule has 2 saturated heterocycles. The summed E-state index contributed by atoms with van der Waals surface area (Å²) in [5.74, 6) is 0.0275. The number of imidazole rings is 1. The first kappa shape index (κ1) is 43.0. The van der Waals surface area contributed by atoms with E-state index < -0.39 is 29.7 Å². The van der Waals surface area contributed by atoms with Gasteiger partial charge in [0.2, 0.25) is 5.91 Å². The number of anilines is 2. The van der Waals surface area contributed by atoms with Gasteiger partial charge in [-0.05, 0) is 123 Å². The zero-order chi connectivity index (χ0) is 45.9. The number of amides is 5. The van der Waals surface area contributed by atoms with Crippen molar-refractivity contribution in [3.8, 4) is 11.1 Å². The number of Topliss-reactive ketones (excluding diaryl/α,β-unsaturated/α-hetero) is 1. The lowest BCUT2D eigenvalue weighted by Crippen LogP contribution is -2.49. The largest absolute Gasteiger partial charge is 0.334 e. The molecule has 1 saturated carbocycles. The smallest absolute Gasteiger partial charge is 0.329 e. The van der Waals surface area contributed by atoms with Crippen molar-refractivity contribution in [1.82, 2.24) is 39.4 Å². The van der Waals surface area contributed by atoms with Crippen molar-refractivity contribution < 1.29 is 28.4 Å². The van der Waals surface area contributed by atoms with Crippen LogP contribution in [0.2, 0.25) is 0 Å². The number of piperidine rings is 1. The molecule has 3 fully saturated rings. The summed E-state index contributed by atoms with van der Waals surface area (Å²) in [5, 5.41) is 12.9. The average Bonchev–Trinajstić information content (AvgIpc) is 4.20. The van der Waals surface area contributed by atoms with E-state index in [9.17, 15) is 24.0 Å². The van der Waals surface area contributed by atoms with Gasteiger partial charge < -0.3 is 9.47 Å². The van der Waals surface area contributed by atoms with Crippen LogP contribution in [0.1, 0.15) is 108 Å². The molecule has 11 rings (SSSR count). The van der Waals surface area contributed by atoms with E-state index in [1.54, 1.807) is 28.7 Å². The molecule has 17 heteroatoms. The lowest BCUT2D eigenvalue weighted by atomic mass is 9.77. The molecule has 15 nitrogen and oxygen atoms in total. The van der Waals surface area contributed by atoms with Gasteiger partial charge in [0.25, 0.3) is 11.8 Å². The maximum atomic E-state index is 16.0. The molecular formula is C50H51FN10O5S. The molecule has 5 amide bonds. The summed E-state index contributed by atoms with van der Waals surface area (Å²) in [5.41, 5.74) is 6.71. The molecule has 4 aliphatic heterocycles. The number of nitrogens with zero attached hydrogens (tertiary/aromatic N) is 8. The molecule has 3 aromatic carbocycles. The minimum absolute atomic E-state index is 0.0467. The number of halogens is 1. The van der Waals surface area contributed by atoms with Gasteiger partial charge in [0.05, 0.1) is 30.6 Å². The van der Waals surface area contributed by atoms with Crippen LogP contribution in [-0.2, 0) is 40.9 Å².